The monoisotopic (exact) mass is 504 g/mol. The number of para-hydroxylation sites is 1. The Morgan fingerprint density at radius 1 is 0.946 bits per heavy atom. The van der Waals surface area contributed by atoms with Gasteiger partial charge in [-0.3, -0.25) is 14.4 Å². The number of likely N-dealkylation sites (tertiary alicyclic amines) is 1. The summed E-state index contributed by atoms with van der Waals surface area (Å²) in [6.07, 6.45) is 6.03. The maximum absolute atomic E-state index is 13.9. The molecule has 2 saturated heterocycles. The van der Waals surface area contributed by atoms with Crippen LogP contribution in [-0.2, 0) is 14.4 Å². The third-order valence-electron chi connectivity index (χ3n) is 7.78. The molecule has 2 aromatic carbocycles. The summed E-state index contributed by atoms with van der Waals surface area (Å²) in [7, 11) is 0. The minimum Gasteiger partial charge on any atom is -0.348 e. The SMILES string of the molecule is CCCCCCC(=O)N1CCC2(CC1)C(=O)N(CC(=O)NC(C)c1ccccc1)CN2c1ccccc1. The molecule has 2 aliphatic heterocycles. The van der Waals surface area contributed by atoms with Crippen LogP contribution in [0.15, 0.2) is 60.7 Å². The number of nitrogens with one attached hydrogen (secondary N) is 1. The Labute approximate surface area is 220 Å². The molecule has 4 rings (SSSR count). The molecule has 2 aliphatic rings. The minimum absolute atomic E-state index is 0.0150. The molecule has 0 bridgehead atoms. The first-order chi connectivity index (χ1) is 17.9. The molecule has 0 radical (unpaired) electrons. The number of piperidine rings is 1. The van der Waals surface area contributed by atoms with Gasteiger partial charge in [0, 0.05) is 25.2 Å². The summed E-state index contributed by atoms with van der Waals surface area (Å²) in [4.78, 5) is 45.4. The fourth-order valence-electron chi connectivity index (χ4n) is 5.60. The van der Waals surface area contributed by atoms with Crippen molar-refractivity contribution in [2.75, 3.05) is 31.2 Å². The molecule has 37 heavy (non-hydrogen) atoms. The van der Waals surface area contributed by atoms with Crippen LogP contribution < -0.4 is 10.2 Å². The zero-order valence-electron chi connectivity index (χ0n) is 22.2. The van der Waals surface area contributed by atoms with Gasteiger partial charge < -0.3 is 20.0 Å². The normalized spacial score (nSPS) is 17.8. The molecule has 1 N–H and O–H groups in total. The average molecular weight is 505 g/mol. The van der Waals surface area contributed by atoms with E-state index >= 15 is 0 Å². The highest BCUT2D eigenvalue weighted by Gasteiger charge is 2.54. The zero-order valence-corrected chi connectivity index (χ0v) is 22.2. The number of carbonyl (C=O) groups is 3. The largest absolute Gasteiger partial charge is 0.348 e. The topological polar surface area (TPSA) is 73.0 Å². The number of hydrogen-bond acceptors (Lipinski definition) is 4. The second-order valence-electron chi connectivity index (χ2n) is 10.3. The van der Waals surface area contributed by atoms with Crippen molar-refractivity contribution in [2.45, 2.75) is 70.4 Å². The van der Waals surface area contributed by atoms with Gasteiger partial charge >= 0.3 is 0 Å². The van der Waals surface area contributed by atoms with Crippen LogP contribution in [0.1, 0.15) is 70.4 Å². The Morgan fingerprint density at radius 2 is 1.59 bits per heavy atom. The smallest absolute Gasteiger partial charge is 0.250 e. The first kappa shape index (κ1) is 26.7. The molecule has 1 spiro atoms. The standard InChI is InChI=1S/C30H40N4O3/c1-3-4-5-12-17-28(36)32-20-18-30(19-21-32)29(37)33(23-34(30)26-15-10-7-11-16-26)22-27(35)31-24(2)25-13-8-6-9-14-25/h6-11,13-16,24H,3-5,12,17-23H2,1-2H3,(H,31,35). The number of anilines is 1. The predicted octanol–water partition coefficient (Wildman–Crippen LogP) is 4.50. The number of amides is 3. The highest BCUT2D eigenvalue weighted by atomic mass is 16.2. The fraction of sp³-hybridized carbons (Fsp3) is 0.500. The third-order valence-corrected chi connectivity index (χ3v) is 7.78. The molecule has 2 aromatic rings. The lowest BCUT2D eigenvalue weighted by Crippen LogP contribution is -2.57. The quantitative estimate of drug-likeness (QED) is 0.484. The summed E-state index contributed by atoms with van der Waals surface area (Å²) >= 11 is 0. The highest BCUT2D eigenvalue weighted by molar-refractivity contribution is 5.96. The van der Waals surface area contributed by atoms with E-state index in [9.17, 15) is 14.4 Å². The number of nitrogens with zero attached hydrogens (tertiary/aromatic N) is 3. The molecule has 2 heterocycles. The fourth-order valence-corrected chi connectivity index (χ4v) is 5.60. The number of carbonyl (C=O) groups excluding carboxylic acids is 3. The summed E-state index contributed by atoms with van der Waals surface area (Å²) in [5, 5.41) is 3.04. The van der Waals surface area contributed by atoms with Crippen LogP contribution in [0.4, 0.5) is 5.69 Å². The van der Waals surface area contributed by atoms with Crippen molar-refractivity contribution in [3.63, 3.8) is 0 Å². The third kappa shape index (κ3) is 6.14. The van der Waals surface area contributed by atoms with Gasteiger partial charge in [0.15, 0.2) is 0 Å². The van der Waals surface area contributed by atoms with E-state index < -0.39 is 5.54 Å². The summed E-state index contributed by atoms with van der Waals surface area (Å²) in [5.74, 6) is -0.00263. The summed E-state index contributed by atoms with van der Waals surface area (Å²) in [6.45, 7) is 5.62. The lowest BCUT2D eigenvalue weighted by molar-refractivity contribution is -0.140. The van der Waals surface area contributed by atoms with E-state index in [1.807, 2.05) is 72.5 Å². The lowest BCUT2D eigenvalue weighted by Gasteiger charge is -2.43. The van der Waals surface area contributed by atoms with Crippen molar-refractivity contribution in [1.29, 1.82) is 0 Å². The molecule has 2 fully saturated rings. The minimum atomic E-state index is -0.730. The Morgan fingerprint density at radius 3 is 2.24 bits per heavy atom. The molecular formula is C30H40N4O3. The Bertz CT molecular complexity index is 1050. The number of hydrogen-bond donors (Lipinski definition) is 1. The summed E-state index contributed by atoms with van der Waals surface area (Å²) in [6, 6.07) is 19.6. The second-order valence-corrected chi connectivity index (χ2v) is 10.3. The molecule has 0 saturated carbocycles. The van der Waals surface area contributed by atoms with Gasteiger partial charge in [0.25, 0.3) is 5.91 Å². The molecule has 1 unspecified atom stereocenters. The molecule has 3 amide bonds. The van der Waals surface area contributed by atoms with E-state index in [1.165, 1.54) is 0 Å². The van der Waals surface area contributed by atoms with Crippen LogP contribution in [0.3, 0.4) is 0 Å². The van der Waals surface area contributed by atoms with E-state index in [0.717, 1.165) is 36.9 Å². The van der Waals surface area contributed by atoms with Crippen LogP contribution in [0.5, 0.6) is 0 Å². The predicted molar refractivity (Wildman–Crippen MR) is 146 cm³/mol. The Kier molecular flexibility index (Phi) is 8.85. The van der Waals surface area contributed by atoms with Crippen LogP contribution in [0.2, 0.25) is 0 Å². The molecule has 7 heteroatoms. The number of unbranched alkanes of at least 4 members (excludes halogenated alkanes) is 3. The van der Waals surface area contributed by atoms with E-state index in [-0.39, 0.29) is 30.3 Å². The maximum Gasteiger partial charge on any atom is 0.250 e. The molecule has 7 nitrogen and oxygen atoms in total. The molecule has 198 valence electrons. The maximum atomic E-state index is 13.9. The van der Waals surface area contributed by atoms with Crippen molar-refractivity contribution in [3.8, 4) is 0 Å². The van der Waals surface area contributed by atoms with Crippen molar-refractivity contribution >= 4 is 23.4 Å². The summed E-state index contributed by atoms with van der Waals surface area (Å²) in [5.41, 5.74) is 1.26. The van der Waals surface area contributed by atoms with Gasteiger partial charge in [0.1, 0.15) is 12.1 Å². The highest BCUT2D eigenvalue weighted by Crippen LogP contribution is 2.39. The van der Waals surface area contributed by atoms with E-state index in [1.54, 1.807) is 4.90 Å². The molecule has 0 aliphatic carbocycles. The van der Waals surface area contributed by atoms with E-state index in [4.69, 9.17) is 0 Å². The van der Waals surface area contributed by atoms with Gasteiger partial charge in [0.2, 0.25) is 11.8 Å². The zero-order chi connectivity index (χ0) is 26.3. The second kappa shape index (κ2) is 12.3. The van der Waals surface area contributed by atoms with Gasteiger partial charge in [-0.25, -0.2) is 0 Å². The summed E-state index contributed by atoms with van der Waals surface area (Å²) < 4.78 is 0. The van der Waals surface area contributed by atoms with Crippen molar-refractivity contribution in [2.24, 2.45) is 0 Å². The van der Waals surface area contributed by atoms with Crippen LogP contribution >= 0.6 is 0 Å². The molecule has 0 aromatic heterocycles. The Hall–Kier alpha value is -3.35. The van der Waals surface area contributed by atoms with Crippen molar-refractivity contribution < 1.29 is 14.4 Å². The van der Waals surface area contributed by atoms with Crippen molar-refractivity contribution in [3.05, 3.63) is 66.2 Å². The van der Waals surface area contributed by atoms with Gasteiger partial charge in [-0.2, -0.15) is 0 Å². The first-order valence-electron chi connectivity index (χ1n) is 13.7. The van der Waals surface area contributed by atoms with Gasteiger partial charge in [-0.05, 0) is 43.9 Å². The van der Waals surface area contributed by atoms with Gasteiger partial charge in [0.05, 0.1) is 12.7 Å². The Balaban J connectivity index is 1.43. The van der Waals surface area contributed by atoms with Crippen LogP contribution in [0, 0.1) is 0 Å². The van der Waals surface area contributed by atoms with Gasteiger partial charge in [-0.15, -0.1) is 0 Å². The first-order valence-corrected chi connectivity index (χ1v) is 13.7. The molecular weight excluding hydrogens is 464 g/mol. The average Bonchev–Trinajstić information content (AvgIpc) is 3.18. The van der Waals surface area contributed by atoms with Crippen molar-refractivity contribution in [1.82, 2.24) is 15.1 Å². The molecule has 1 atom stereocenters. The van der Waals surface area contributed by atoms with Crippen LogP contribution in [0.25, 0.3) is 0 Å². The lowest BCUT2D eigenvalue weighted by atomic mass is 9.85. The number of benzene rings is 2. The van der Waals surface area contributed by atoms with Gasteiger partial charge in [-0.1, -0.05) is 74.7 Å². The number of rotatable bonds is 10. The van der Waals surface area contributed by atoms with E-state index in [2.05, 4.69) is 17.1 Å². The van der Waals surface area contributed by atoms with E-state index in [0.29, 0.717) is 39.0 Å². The van der Waals surface area contributed by atoms with Crippen LogP contribution in [-0.4, -0.2) is 59.4 Å².